The number of urea groups is 1. The van der Waals surface area contributed by atoms with E-state index in [0.717, 1.165) is 22.6 Å². The minimum Gasteiger partial charge on any atom is -0.445 e. The van der Waals surface area contributed by atoms with Gasteiger partial charge in [-0.2, -0.15) is 0 Å². The molecule has 0 aromatic heterocycles. The lowest BCUT2D eigenvalue weighted by Crippen LogP contribution is -2.54. The molecule has 1 fully saturated rings. The van der Waals surface area contributed by atoms with Crippen molar-refractivity contribution >= 4 is 70.6 Å². The Morgan fingerprint density at radius 3 is 2.02 bits per heavy atom. The number of carbonyl (C=O) groups excluding carboxylic acids is 11. The summed E-state index contributed by atoms with van der Waals surface area (Å²) in [6, 6.07) is 14.1. The van der Waals surface area contributed by atoms with Gasteiger partial charge in [-0.1, -0.05) is 110 Å². The number of Topliss-reactive ketones (excluding diaryl/α,β-unsaturated/α-hetero) is 3. The molecule has 9 amide bonds. The number of imide groups is 1. The summed E-state index contributed by atoms with van der Waals surface area (Å²) < 4.78 is 17.7. The van der Waals surface area contributed by atoms with Gasteiger partial charge in [0.15, 0.2) is 11.6 Å². The molecular weight excluding hydrogens is 1150 g/mol. The Kier molecular flexibility index (Phi) is 32.0. The number of aryl methyl sites for hydroxylation is 1. The van der Waals surface area contributed by atoms with Crippen LogP contribution in [0.4, 0.5) is 15.3 Å². The summed E-state index contributed by atoms with van der Waals surface area (Å²) in [4.78, 5) is 151. The molecule has 498 valence electrons. The molecule has 0 bridgehead atoms. The molecule has 22 heteroatoms. The number of unbranched alkanes of at least 4 members (excludes halogenated alkanes) is 2. The average molecular weight is 1260 g/mol. The van der Waals surface area contributed by atoms with Gasteiger partial charge in [-0.15, -0.1) is 0 Å². The number of likely N-dealkylation sites (tertiary alicyclic amines) is 1. The first kappa shape index (κ1) is 75.1. The van der Waals surface area contributed by atoms with E-state index in [1.165, 1.54) is 31.9 Å². The van der Waals surface area contributed by atoms with Crippen molar-refractivity contribution in [3.8, 4) is 0 Å². The van der Waals surface area contributed by atoms with E-state index in [2.05, 4.69) is 28.1 Å². The predicted molar refractivity (Wildman–Crippen MR) is 342 cm³/mol. The van der Waals surface area contributed by atoms with Gasteiger partial charge in [-0.05, 0) is 92.4 Å². The van der Waals surface area contributed by atoms with E-state index in [1.807, 2.05) is 57.7 Å². The highest BCUT2D eigenvalue weighted by molar-refractivity contribution is 6.12. The molecule has 2 aromatic carbocycles. The van der Waals surface area contributed by atoms with E-state index in [-0.39, 0.29) is 129 Å². The highest BCUT2D eigenvalue weighted by Crippen LogP contribution is 2.32. The summed E-state index contributed by atoms with van der Waals surface area (Å²) in [7, 11) is 6.27. The molecule has 5 N–H and O–H groups in total. The topological polar surface area (TPSA) is 291 Å². The molecule has 2 aliphatic rings. The first-order chi connectivity index (χ1) is 42.8. The highest BCUT2D eigenvalue weighted by Gasteiger charge is 2.43. The van der Waals surface area contributed by atoms with Crippen LogP contribution in [-0.2, 0) is 70.4 Å². The molecule has 0 aliphatic carbocycles. The van der Waals surface area contributed by atoms with Crippen LogP contribution in [0.2, 0.25) is 0 Å². The lowest BCUT2D eigenvalue weighted by molar-refractivity contribution is -0.149. The summed E-state index contributed by atoms with van der Waals surface area (Å²) in [5, 5.41) is 8.17. The molecular formula is C68H102N8O14. The van der Waals surface area contributed by atoms with E-state index in [0.29, 0.717) is 75.6 Å². The van der Waals surface area contributed by atoms with E-state index in [4.69, 9.17) is 19.9 Å². The van der Waals surface area contributed by atoms with Gasteiger partial charge in [0, 0.05) is 109 Å². The largest absolute Gasteiger partial charge is 0.445 e. The van der Waals surface area contributed by atoms with Gasteiger partial charge in [0.1, 0.15) is 12.4 Å². The number of ether oxygens (including phenoxy) is 3. The number of nitrogens with zero attached hydrogens (tertiary/aromatic N) is 4. The van der Waals surface area contributed by atoms with Gasteiger partial charge in [-0.3, -0.25) is 48.1 Å². The number of amides is 9. The molecule has 2 aromatic rings. The van der Waals surface area contributed by atoms with Crippen LogP contribution in [0.15, 0.2) is 66.7 Å². The number of anilines is 1. The third-order valence-corrected chi connectivity index (χ3v) is 17.9. The van der Waals surface area contributed by atoms with Crippen molar-refractivity contribution in [2.75, 3.05) is 59.8 Å². The van der Waals surface area contributed by atoms with Crippen LogP contribution < -0.4 is 21.7 Å². The van der Waals surface area contributed by atoms with Crippen LogP contribution >= 0.6 is 0 Å². The Labute approximate surface area is 532 Å². The van der Waals surface area contributed by atoms with Crippen molar-refractivity contribution in [1.82, 2.24) is 30.2 Å². The molecule has 1 unspecified atom stereocenters. The molecule has 2 aliphatic heterocycles. The highest BCUT2D eigenvalue weighted by atomic mass is 16.6. The van der Waals surface area contributed by atoms with Crippen LogP contribution in [-0.4, -0.2) is 169 Å². The minimum atomic E-state index is -0.880. The average Bonchev–Trinajstić information content (AvgIpc) is 2.23. The Balaban J connectivity index is 1.32. The first-order valence-corrected chi connectivity index (χ1v) is 32.2. The number of ketones is 3. The summed E-state index contributed by atoms with van der Waals surface area (Å²) in [6.45, 7) is 13.8. The Hall–Kier alpha value is -7.33. The second kappa shape index (κ2) is 38.4. The monoisotopic (exact) mass is 1250 g/mol. The SMILES string of the molecule is CCC(C)[C@H](CC(=O)CN(C)C(=O)OCc1ccc(NC(=O)[C@H](CCCNC(N)=O)CC(=O)[C@@H](NC(=O)CCCCCN2C(=O)C=CC2=O)C(C)C)cc1)C(=O)N(C)[C@@H]([C@@H](C)CC)[C@@H](CC(=O)N1CCC[C@H]1[C@H](OC)[C@@H](C)C(=O)CCCc1ccccc1)OC. The number of rotatable bonds is 41. The van der Waals surface area contributed by atoms with Gasteiger partial charge >= 0.3 is 12.1 Å². The second-order valence-electron chi connectivity index (χ2n) is 24.8. The van der Waals surface area contributed by atoms with E-state index >= 15 is 0 Å². The molecule has 1 saturated heterocycles. The normalized spacial score (nSPS) is 16.9. The smallest absolute Gasteiger partial charge is 0.410 e. The van der Waals surface area contributed by atoms with Gasteiger partial charge in [0.05, 0.1) is 43.3 Å². The summed E-state index contributed by atoms with van der Waals surface area (Å²) in [5.74, 6) is -5.17. The van der Waals surface area contributed by atoms with E-state index in [9.17, 15) is 52.7 Å². The third kappa shape index (κ3) is 23.5. The van der Waals surface area contributed by atoms with Crippen LogP contribution in [0.5, 0.6) is 0 Å². The van der Waals surface area contributed by atoms with Crippen LogP contribution in [0, 0.1) is 35.5 Å². The van der Waals surface area contributed by atoms with E-state index in [1.54, 1.807) is 57.2 Å². The zero-order valence-corrected chi connectivity index (χ0v) is 55.1. The number of primary amides is 1. The van der Waals surface area contributed by atoms with Gasteiger partial charge in [-0.25, -0.2) is 9.59 Å². The van der Waals surface area contributed by atoms with Crippen LogP contribution in [0.25, 0.3) is 0 Å². The summed E-state index contributed by atoms with van der Waals surface area (Å²) in [6.07, 6.45) is 7.01. The molecule has 4 rings (SSSR count). The second-order valence-corrected chi connectivity index (χ2v) is 24.8. The van der Waals surface area contributed by atoms with Crippen molar-refractivity contribution in [3.63, 3.8) is 0 Å². The van der Waals surface area contributed by atoms with Gasteiger partial charge in [0.2, 0.25) is 23.6 Å². The predicted octanol–water partition coefficient (Wildman–Crippen LogP) is 7.98. The molecule has 0 spiro atoms. The van der Waals surface area contributed by atoms with Gasteiger partial charge in [0.25, 0.3) is 11.8 Å². The fourth-order valence-electron chi connectivity index (χ4n) is 12.1. The van der Waals surface area contributed by atoms with Crippen LogP contribution in [0.1, 0.15) is 156 Å². The molecule has 2 heterocycles. The standard InChI is InChI=1S/C68H102N8O14/c1-12-45(5)53(66(85)74(9)63(46(6)13-2)57(88-10)41-61(83)75-38-22-27-54(75)64(89-11)47(7)55(78)28-20-25-48-23-16-14-17-24-48)40-52(77)42-73(8)68(87)90-43-49-30-32-51(33-31-49)71-65(84)50(26-21-36-70-67(69)86)39-56(79)62(44(3)4)72-58(80)29-18-15-19-37-76-59(81)34-35-60(76)82/h14,16-17,23-24,30-35,44-47,50,53-54,57,62-64H,12-13,15,18-22,25-29,36-43H2,1-11H3,(H,71,84)(H,72,80)(H3,69,70,86)/t45?,46-,47-,50+,53-,54-,57+,62-,63-,64+/m0/s1. The maximum absolute atomic E-state index is 14.7. The zero-order valence-electron chi connectivity index (χ0n) is 55.1. The number of hydrogen-bond donors (Lipinski definition) is 4. The summed E-state index contributed by atoms with van der Waals surface area (Å²) >= 11 is 0. The fraction of sp³-hybridized carbons (Fsp3) is 0.632. The molecule has 0 saturated carbocycles. The van der Waals surface area contributed by atoms with Crippen molar-refractivity contribution in [1.29, 1.82) is 0 Å². The Morgan fingerprint density at radius 2 is 1.41 bits per heavy atom. The third-order valence-electron chi connectivity index (χ3n) is 17.9. The Morgan fingerprint density at radius 1 is 0.744 bits per heavy atom. The fourth-order valence-corrected chi connectivity index (χ4v) is 12.1. The van der Waals surface area contributed by atoms with Crippen molar-refractivity contribution in [2.24, 2.45) is 41.2 Å². The minimum absolute atomic E-state index is 0.00946. The molecule has 10 atom stereocenters. The number of likely N-dealkylation sites (N-methyl/N-ethyl adjacent to an activating group) is 2. The summed E-state index contributed by atoms with van der Waals surface area (Å²) in [5.41, 5.74) is 7.38. The molecule has 90 heavy (non-hydrogen) atoms. The van der Waals surface area contributed by atoms with Crippen molar-refractivity contribution < 1.29 is 67.0 Å². The first-order valence-electron chi connectivity index (χ1n) is 32.2. The quantitative estimate of drug-likeness (QED) is 0.0363. The zero-order chi connectivity index (χ0) is 66.6. The number of carbonyl (C=O) groups is 11. The number of hydrogen-bond acceptors (Lipinski definition) is 14. The Bertz CT molecular complexity index is 2720. The number of benzene rings is 2. The lowest BCUT2D eigenvalue weighted by Gasteiger charge is -2.41. The van der Waals surface area contributed by atoms with Gasteiger partial charge < -0.3 is 50.6 Å². The van der Waals surface area contributed by atoms with Crippen molar-refractivity contribution in [3.05, 3.63) is 77.9 Å². The maximum atomic E-state index is 14.7. The number of nitrogens with one attached hydrogen (secondary N) is 3. The maximum Gasteiger partial charge on any atom is 0.410 e. The number of methoxy groups -OCH3 is 2. The van der Waals surface area contributed by atoms with Crippen molar-refractivity contribution in [2.45, 2.75) is 188 Å². The number of nitrogens with two attached hydrogens (primary N) is 1. The lowest BCUT2D eigenvalue weighted by atomic mass is 9.84. The van der Waals surface area contributed by atoms with E-state index < -0.39 is 60.1 Å². The van der Waals surface area contributed by atoms with Crippen LogP contribution in [0.3, 0.4) is 0 Å². The molecule has 0 radical (unpaired) electrons. The molecule has 22 nitrogen and oxygen atoms in total.